The number of nitrogens with zero attached hydrogens (tertiary/aromatic N) is 5. The number of benzene rings is 2. The molecule has 0 unspecified atom stereocenters. The van der Waals surface area contributed by atoms with Gasteiger partial charge in [0.05, 0.1) is 27.0 Å². The minimum absolute atomic E-state index is 0.0373. The zero-order chi connectivity index (χ0) is 22.8. The van der Waals surface area contributed by atoms with Crippen molar-refractivity contribution in [1.29, 1.82) is 0 Å². The molecule has 0 bridgehead atoms. The van der Waals surface area contributed by atoms with Crippen LogP contribution in [0, 0.1) is 24.0 Å². The van der Waals surface area contributed by atoms with E-state index in [0.717, 1.165) is 16.1 Å². The van der Waals surface area contributed by atoms with Gasteiger partial charge in [-0.05, 0) is 31.5 Å². The molecule has 4 rings (SSSR count). The number of aryl methyl sites for hydroxylation is 1. The number of hydrogen-bond acceptors (Lipinski definition) is 7. The number of halogens is 1. The van der Waals surface area contributed by atoms with Crippen LogP contribution in [0.4, 0.5) is 10.8 Å². The Labute approximate surface area is 191 Å². The molecular formula is C21H17ClN6O3S. The largest absolute Gasteiger partial charge is 0.296 e. The maximum atomic E-state index is 12.8. The Balaban J connectivity index is 1.52. The highest BCUT2D eigenvalue weighted by atomic mass is 35.5. The van der Waals surface area contributed by atoms with Gasteiger partial charge in [-0.2, -0.15) is 0 Å². The maximum absolute atomic E-state index is 12.8. The molecule has 0 aliphatic heterocycles. The first-order chi connectivity index (χ1) is 15.3. The quantitative estimate of drug-likeness (QED) is 0.322. The second kappa shape index (κ2) is 8.85. The van der Waals surface area contributed by atoms with Crippen molar-refractivity contribution in [2.45, 2.75) is 20.3 Å². The van der Waals surface area contributed by atoms with Crippen LogP contribution in [0.3, 0.4) is 0 Å². The summed E-state index contributed by atoms with van der Waals surface area (Å²) in [6.07, 6.45) is 0.475. The number of carbonyl (C=O) groups excluding carboxylic acids is 1. The molecular weight excluding hydrogens is 452 g/mol. The van der Waals surface area contributed by atoms with Crippen LogP contribution in [0.5, 0.6) is 0 Å². The van der Waals surface area contributed by atoms with Crippen molar-refractivity contribution in [2.75, 3.05) is 5.32 Å². The van der Waals surface area contributed by atoms with E-state index in [1.807, 2.05) is 25.1 Å². The van der Waals surface area contributed by atoms with E-state index in [-0.39, 0.29) is 11.4 Å². The third-order valence-corrected chi connectivity index (χ3v) is 6.18. The predicted molar refractivity (Wildman–Crippen MR) is 122 cm³/mol. The van der Waals surface area contributed by atoms with Crippen LogP contribution in [0.25, 0.3) is 5.69 Å². The molecule has 0 saturated carbocycles. The van der Waals surface area contributed by atoms with Crippen LogP contribution < -0.4 is 5.32 Å². The van der Waals surface area contributed by atoms with E-state index < -0.39 is 10.8 Å². The lowest BCUT2D eigenvalue weighted by Gasteiger charge is -2.05. The van der Waals surface area contributed by atoms with Gasteiger partial charge in [0.2, 0.25) is 0 Å². The van der Waals surface area contributed by atoms with Crippen LogP contribution in [0.2, 0.25) is 5.02 Å². The molecule has 2 aromatic carbocycles. The van der Waals surface area contributed by atoms with Crippen molar-refractivity contribution < 1.29 is 9.72 Å². The van der Waals surface area contributed by atoms with E-state index in [0.29, 0.717) is 28.0 Å². The van der Waals surface area contributed by atoms with Gasteiger partial charge in [0.25, 0.3) is 11.6 Å². The maximum Gasteiger partial charge on any atom is 0.279 e. The standard InChI is InChI=1S/C21H17ClN6O3S/c1-12-18(11-14-6-5-7-15(10-14)28(30)31)32-21(23-12)24-20(29)19-13(2)27(26-25-19)17-9-4-3-8-16(17)22/h3-10H,11H2,1-2H3,(H,23,24,29). The van der Waals surface area contributed by atoms with Crippen LogP contribution in [-0.4, -0.2) is 30.8 Å². The van der Waals surface area contributed by atoms with E-state index in [1.165, 1.54) is 28.2 Å². The predicted octanol–water partition coefficient (Wildman–Crippen LogP) is 4.75. The van der Waals surface area contributed by atoms with Crippen molar-refractivity contribution in [3.05, 3.63) is 91.2 Å². The molecule has 2 heterocycles. The number of nitro groups is 1. The molecule has 0 radical (unpaired) electrons. The van der Waals surface area contributed by atoms with Gasteiger partial charge < -0.3 is 0 Å². The Bertz CT molecular complexity index is 1330. The molecule has 9 nitrogen and oxygen atoms in total. The average molecular weight is 469 g/mol. The lowest BCUT2D eigenvalue weighted by Crippen LogP contribution is -2.14. The van der Waals surface area contributed by atoms with Gasteiger partial charge in [-0.15, -0.1) is 16.4 Å². The highest BCUT2D eigenvalue weighted by Crippen LogP contribution is 2.27. The SMILES string of the molecule is Cc1nc(NC(=O)c2nnn(-c3ccccc3Cl)c2C)sc1Cc1cccc([N+](=O)[O-])c1. The van der Waals surface area contributed by atoms with Gasteiger partial charge in [0.15, 0.2) is 10.8 Å². The zero-order valence-electron chi connectivity index (χ0n) is 17.1. The summed E-state index contributed by atoms with van der Waals surface area (Å²) < 4.78 is 1.51. The number of nitro benzene ring substituents is 1. The number of carbonyl (C=O) groups is 1. The summed E-state index contributed by atoms with van der Waals surface area (Å²) >= 11 is 7.54. The molecule has 4 aromatic rings. The topological polar surface area (TPSA) is 116 Å². The van der Waals surface area contributed by atoms with Crippen LogP contribution in [0.1, 0.15) is 32.3 Å². The van der Waals surface area contributed by atoms with E-state index in [4.69, 9.17) is 11.6 Å². The number of nitrogens with one attached hydrogen (secondary N) is 1. The number of hydrogen-bond donors (Lipinski definition) is 1. The molecule has 0 spiro atoms. The van der Waals surface area contributed by atoms with Crippen molar-refractivity contribution in [2.24, 2.45) is 0 Å². The van der Waals surface area contributed by atoms with Crippen LogP contribution in [0.15, 0.2) is 48.5 Å². The van der Waals surface area contributed by atoms with E-state index in [1.54, 1.807) is 25.1 Å². The molecule has 2 aromatic heterocycles. The average Bonchev–Trinajstić information content (AvgIpc) is 3.30. The highest BCUT2D eigenvalue weighted by Gasteiger charge is 2.20. The second-order valence-corrected chi connectivity index (χ2v) is 8.46. The summed E-state index contributed by atoms with van der Waals surface area (Å²) in [5, 5.41) is 22.7. The molecule has 0 aliphatic rings. The number of rotatable bonds is 6. The Morgan fingerprint density at radius 2 is 2.00 bits per heavy atom. The lowest BCUT2D eigenvalue weighted by atomic mass is 10.1. The van der Waals surface area contributed by atoms with Crippen LogP contribution >= 0.6 is 22.9 Å². The van der Waals surface area contributed by atoms with Gasteiger partial charge in [-0.3, -0.25) is 20.2 Å². The number of anilines is 1. The second-order valence-electron chi connectivity index (χ2n) is 6.97. The fraction of sp³-hybridized carbons (Fsp3) is 0.143. The molecule has 1 N–H and O–H groups in total. The molecule has 0 fully saturated rings. The molecule has 162 valence electrons. The van der Waals surface area contributed by atoms with Crippen molar-refractivity contribution in [3.8, 4) is 5.69 Å². The van der Waals surface area contributed by atoms with E-state index in [9.17, 15) is 14.9 Å². The fourth-order valence-electron chi connectivity index (χ4n) is 3.16. The van der Waals surface area contributed by atoms with E-state index in [2.05, 4.69) is 20.6 Å². The van der Waals surface area contributed by atoms with E-state index >= 15 is 0 Å². The smallest absolute Gasteiger partial charge is 0.279 e. The molecule has 32 heavy (non-hydrogen) atoms. The van der Waals surface area contributed by atoms with Crippen molar-refractivity contribution in [3.63, 3.8) is 0 Å². The molecule has 0 aliphatic carbocycles. The zero-order valence-corrected chi connectivity index (χ0v) is 18.6. The van der Waals surface area contributed by atoms with Gasteiger partial charge in [0, 0.05) is 23.4 Å². The monoisotopic (exact) mass is 468 g/mol. The fourth-order valence-corrected chi connectivity index (χ4v) is 4.37. The molecule has 11 heteroatoms. The first-order valence-corrected chi connectivity index (χ1v) is 10.7. The van der Waals surface area contributed by atoms with Crippen molar-refractivity contribution >= 4 is 39.7 Å². The minimum Gasteiger partial charge on any atom is -0.296 e. The van der Waals surface area contributed by atoms with Gasteiger partial charge in [-0.25, -0.2) is 9.67 Å². The highest BCUT2D eigenvalue weighted by molar-refractivity contribution is 7.15. The Hall–Kier alpha value is -3.63. The first kappa shape index (κ1) is 21.6. The summed E-state index contributed by atoms with van der Waals surface area (Å²) in [6.45, 7) is 3.57. The molecule has 0 atom stereocenters. The van der Waals surface area contributed by atoms with Crippen LogP contribution in [-0.2, 0) is 6.42 Å². The minimum atomic E-state index is -0.434. The Kier molecular flexibility index (Phi) is 5.97. The number of non-ortho nitro benzene ring substituents is 1. The number of thiazole rings is 1. The Morgan fingerprint density at radius 1 is 1.22 bits per heavy atom. The number of amides is 1. The van der Waals surface area contributed by atoms with Gasteiger partial charge in [0.1, 0.15) is 0 Å². The van der Waals surface area contributed by atoms with Gasteiger partial charge >= 0.3 is 0 Å². The summed E-state index contributed by atoms with van der Waals surface area (Å²) in [5.74, 6) is -0.434. The van der Waals surface area contributed by atoms with Crippen molar-refractivity contribution in [1.82, 2.24) is 20.0 Å². The summed E-state index contributed by atoms with van der Waals surface area (Å²) in [5.41, 5.74) is 2.91. The molecule has 0 saturated heterocycles. The Morgan fingerprint density at radius 3 is 2.75 bits per heavy atom. The first-order valence-electron chi connectivity index (χ1n) is 9.51. The third kappa shape index (κ3) is 4.36. The summed E-state index contributed by atoms with van der Waals surface area (Å²) in [6, 6.07) is 13.6. The lowest BCUT2D eigenvalue weighted by molar-refractivity contribution is -0.384. The summed E-state index contributed by atoms with van der Waals surface area (Å²) in [4.78, 5) is 28.7. The number of aromatic nitrogens is 4. The normalized spacial score (nSPS) is 10.8. The number of para-hydroxylation sites is 1. The molecule has 1 amide bonds. The van der Waals surface area contributed by atoms with Gasteiger partial charge in [-0.1, -0.05) is 41.1 Å². The summed E-state index contributed by atoms with van der Waals surface area (Å²) in [7, 11) is 0. The third-order valence-electron chi connectivity index (χ3n) is 4.79.